The molecule has 2 heterocycles. The molecule has 1 aliphatic carbocycles. The van der Waals surface area contributed by atoms with Gasteiger partial charge in [0.05, 0.1) is 22.8 Å². The minimum Gasteiger partial charge on any atom is -0.462 e. The molecule has 0 amide bonds. The highest BCUT2D eigenvalue weighted by atomic mass is 32.1. The molecule has 8 nitrogen and oxygen atoms in total. The third-order valence-electron chi connectivity index (χ3n) is 6.55. The van der Waals surface area contributed by atoms with E-state index >= 15 is 0 Å². The standard InChI is InChI=1S/C27H28N4O4S2/c1-5-35-26(32)23-20-11-8-18(27(2,3)4)12-22(20)37-25(23)29-14-17(13-28)24-30-21(15-36-24)16-6-9-19(10-7-16)31(33)34/h6-7,9-10,14-15,18,29H,5,8,11-12H2,1-4H3. The van der Waals surface area contributed by atoms with Crippen molar-refractivity contribution in [1.82, 2.24) is 4.98 Å². The Morgan fingerprint density at radius 2 is 2.08 bits per heavy atom. The van der Waals surface area contributed by atoms with Crippen LogP contribution in [0.1, 0.15) is 59.9 Å². The van der Waals surface area contributed by atoms with Crippen LogP contribution >= 0.6 is 22.7 Å². The molecular weight excluding hydrogens is 508 g/mol. The number of nitro groups is 1. The van der Waals surface area contributed by atoms with Gasteiger partial charge < -0.3 is 10.1 Å². The van der Waals surface area contributed by atoms with Crippen molar-refractivity contribution in [3.63, 3.8) is 0 Å². The molecule has 4 rings (SSSR count). The Morgan fingerprint density at radius 1 is 1.35 bits per heavy atom. The third-order valence-corrected chi connectivity index (χ3v) is 8.61. The molecule has 1 N–H and O–H groups in total. The Morgan fingerprint density at radius 3 is 2.70 bits per heavy atom. The molecule has 0 saturated carbocycles. The molecule has 37 heavy (non-hydrogen) atoms. The summed E-state index contributed by atoms with van der Waals surface area (Å²) in [5, 5.41) is 26.9. The van der Waals surface area contributed by atoms with Crippen LogP contribution in [-0.4, -0.2) is 22.5 Å². The van der Waals surface area contributed by atoms with Crippen LogP contribution in [0.5, 0.6) is 0 Å². The molecule has 1 aliphatic rings. The normalized spacial score (nSPS) is 15.5. The summed E-state index contributed by atoms with van der Waals surface area (Å²) < 4.78 is 5.37. The number of nitriles is 1. The van der Waals surface area contributed by atoms with E-state index in [1.807, 2.05) is 5.38 Å². The van der Waals surface area contributed by atoms with E-state index in [9.17, 15) is 20.2 Å². The predicted molar refractivity (Wildman–Crippen MR) is 147 cm³/mol. The lowest BCUT2D eigenvalue weighted by molar-refractivity contribution is -0.384. The van der Waals surface area contributed by atoms with Crippen molar-refractivity contribution in [2.45, 2.75) is 47.0 Å². The number of rotatable bonds is 7. The number of ether oxygens (including phenoxy) is 1. The van der Waals surface area contributed by atoms with Gasteiger partial charge in [0.25, 0.3) is 5.69 Å². The number of hydrogen-bond acceptors (Lipinski definition) is 9. The number of esters is 1. The summed E-state index contributed by atoms with van der Waals surface area (Å²) >= 11 is 2.86. The molecule has 0 saturated heterocycles. The summed E-state index contributed by atoms with van der Waals surface area (Å²) in [6, 6.07) is 8.31. The van der Waals surface area contributed by atoms with Crippen molar-refractivity contribution >= 4 is 44.9 Å². The highest BCUT2D eigenvalue weighted by Crippen LogP contribution is 2.44. The van der Waals surface area contributed by atoms with Crippen molar-refractivity contribution < 1.29 is 14.5 Å². The lowest BCUT2D eigenvalue weighted by atomic mass is 9.72. The lowest BCUT2D eigenvalue weighted by Gasteiger charge is -2.33. The van der Waals surface area contributed by atoms with Gasteiger partial charge in [0, 0.05) is 34.2 Å². The molecule has 0 aliphatic heterocycles. The number of nitrogens with one attached hydrogen (secondary N) is 1. The van der Waals surface area contributed by atoms with Crippen LogP contribution in [-0.2, 0) is 17.6 Å². The van der Waals surface area contributed by atoms with Crippen LogP contribution < -0.4 is 5.32 Å². The van der Waals surface area contributed by atoms with Gasteiger partial charge in [0.1, 0.15) is 21.7 Å². The molecule has 1 aromatic carbocycles. The summed E-state index contributed by atoms with van der Waals surface area (Å²) in [5.41, 5.74) is 3.48. The van der Waals surface area contributed by atoms with Gasteiger partial charge in [-0.2, -0.15) is 5.26 Å². The fraction of sp³-hybridized carbons (Fsp3) is 0.370. The second kappa shape index (κ2) is 10.8. The Balaban J connectivity index is 1.61. The zero-order chi connectivity index (χ0) is 26.7. The minimum atomic E-state index is -0.450. The first kappa shape index (κ1) is 26.5. The summed E-state index contributed by atoms with van der Waals surface area (Å²) in [6.07, 6.45) is 4.34. The molecule has 0 radical (unpaired) electrons. The number of nitrogens with zero attached hydrogens (tertiary/aromatic N) is 3. The molecule has 0 spiro atoms. The van der Waals surface area contributed by atoms with E-state index in [1.54, 1.807) is 36.6 Å². The number of carbonyl (C=O) groups is 1. The monoisotopic (exact) mass is 536 g/mol. The maximum absolute atomic E-state index is 12.9. The van der Waals surface area contributed by atoms with E-state index in [0.717, 1.165) is 30.4 Å². The largest absolute Gasteiger partial charge is 0.462 e. The molecule has 1 unspecified atom stereocenters. The lowest BCUT2D eigenvalue weighted by Crippen LogP contribution is -2.26. The van der Waals surface area contributed by atoms with Crippen molar-refractivity contribution in [3.05, 3.63) is 67.0 Å². The number of fused-ring (bicyclic) bond motifs is 1. The van der Waals surface area contributed by atoms with Gasteiger partial charge >= 0.3 is 5.97 Å². The SMILES string of the molecule is CCOC(=O)c1c(NC=C(C#N)c2nc(-c3ccc([N+](=O)[O-])cc3)cs2)sc2c1CCC(C(C)(C)C)C2. The van der Waals surface area contributed by atoms with E-state index < -0.39 is 4.92 Å². The maximum Gasteiger partial charge on any atom is 0.341 e. The minimum absolute atomic E-state index is 0.00545. The number of nitro benzene ring substituents is 1. The Labute approximate surface area is 223 Å². The Hall–Kier alpha value is -3.55. The molecule has 0 fully saturated rings. The van der Waals surface area contributed by atoms with Crippen LogP contribution in [0.25, 0.3) is 16.8 Å². The number of aromatic nitrogens is 1. The van der Waals surface area contributed by atoms with Gasteiger partial charge in [-0.15, -0.1) is 22.7 Å². The van der Waals surface area contributed by atoms with Crippen molar-refractivity contribution in [3.8, 4) is 17.3 Å². The first-order chi connectivity index (χ1) is 17.6. The number of non-ortho nitro benzene ring substituents is 1. The number of thiophene rings is 1. The average Bonchev–Trinajstić information content (AvgIpc) is 3.49. The van der Waals surface area contributed by atoms with Gasteiger partial charge in [0.15, 0.2) is 0 Å². The Bertz CT molecular complexity index is 1390. The fourth-order valence-corrected chi connectivity index (χ4v) is 6.49. The first-order valence-electron chi connectivity index (χ1n) is 12.0. The number of anilines is 1. The first-order valence-corrected chi connectivity index (χ1v) is 13.7. The predicted octanol–water partition coefficient (Wildman–Crippen LogP) is 7.08. The third kappa shape index (κ3) is 5.73. The summed E-state index contributed by atoms with van der Waals surface area (Å²) in [4.78, 5) is 29.1. The van der Waals surface area contributed by atoms with Crippen LogP contribution in [0.2, 0.25) is 0 Å². The number of carbonyl (C=O) groups excluding carboxylic acids is 1. The highest BCUT2D eigenvalue weighted by molar-refractivity contribution is 7.16. The maximum atomic E-state index is 12.9. The summed E-state index contributed by atoms with van der Waals surface area (Å²) in [7, 11) is 0. The van der Waals surface area contributed by atoms with Crippen molar-refractivity contribution in [2.75, 3.05) is 11.9 Å². The van der Waals surface area contributed by atoms with E-state index in [0.29, 0.717) is 32.8 Å². The van der Waals surface area contributed by atoms with Crippen LogP contribution in [0, 0.1) is 32.8 Å². The molecule has 10 heteroatoms. The zero-order valence-corrected chi connectivity index (χ0v) is 22.8. The van der Waals surface area contributed by atoms with Crippen molar-refractivity contribution in [2.24, 2.45) is 11.3 Å². The number of hydrogen-bond donors (Lipinski definition) is 1. The zero-order valence-electron chi connectivity index (χ0n) is 21.2. The number of allylic oxidation sites excluding steroid dienone is 1. The Kier molecular flexibility index (Phi) is 7.76. The summed E-state index contributed by atoms with van der Waals surface area (Å²) in [6.45, 7) is 8.84. The fourth-order valence-electron chi connectivity index (χ4n) is 4.41. The molecule has 3 aromatic rings. The van der Waals surface area contributed by atoms with Gasteiger partial charge in [0.2, 0.25) is 0 Å². The average molecular weight is 537 g/mol. The topological polar surface area (TPSA) is 118 Å². The molecular formula is C27H28N4O4S2. The summed E-state index contributed by atoms with van der Waals surface area (Å²) in [5.74, 6) is 0.179. The molecule has 0 bridgehead atoms. The van der Waals surface area contributed by atoms with E-state index in [4.69, 9.17) is 4.74 Å². The number of thiazole rings is 1. The van der Waals surface area contributed by atoms with Crippen LogP contribution in [0.15, 0.2) is 35.8 Å². The highest BCUT2D eigenvalue weighted by Gasteiger charge is 2.34. The van der Waals surface area contributed by atoms with Crippen LogP contribution in [0.3, 0.4) is 0 Å². The van der Waals surface area contributed by atoms with Gasteiger partial charge in [-0.05, 0) is 55.2 Å². The number of benzene rings is 1. The molecule has 192 valence electrons. The quantitative estimate of drug-likeness (QED) is 0.148. The smallest absolute Gasteiger partial charge is 0.341 e. The van der Waals surface area contributed by atoms with E-state index in [2.05, 4.69) is 37.1 Å². The second-order valence-electron chi connectivity index (χ2n) is 9.89. The molecule has 1 atom stereocenters. The molecule has 2 aromatic heterocycles. The van der Waals surface area contributed by atoms with Crippen LogP contribution in [0.4, 0.5) is 10.7 Å². The van der Waals surface area contributed by atoms with Gasteiger partial charge in [-0.3, -0.25) is 10.1 Å². The second-order valence-corrected chi connectivity index (χ2v) is 11.9. The van der Waals surface area contributed by atoms with E-state index in [-0.39, 0.29) is 23.7 Å². The van der Waals surface area contributed by atoms with Gasteiger partial charge in [-0.25, -0.2) is 9.78 Å². The van der Waals surface area contributed by atoms with E-state index in [1.165, 1.54) is 28.3 Å². The van der Waals surface area contributed by atoms with Gasteiger partial charge in [-0.1, -0.05) is 20.8 Å². The van der Waals surface area contributed by atoms with Crippen molar-refractivity contribution in [1.29, 1.82) is 5.26 Å².